The first-order chi connectivity index (χ1) is 8.88. The summed E-state index contributed by atoms with van der Waals surface area (Å²) in [5.41, 5.74) is 0.202. The van der Waals surface area contributed by atoms with Gasteiger partial charge in [-0.1, -0.05) is 11.6 Å². The fourth-order valence-electron chi connectivity index (χ4n) is 1.78. The van der Waals surface area contributed by atoms with Crippen LogP contribution >= 0.6 is 22.3 Å². The zero-order chi connectivity index (χ0) is 14.0. The van der Waals surface area contributed by atoms with Gasteiger partial charge < -0.3 is 9.64 Å². The first-order valence-corrected chi connectivity index (χ1v) is 8.19. The van der Waals surface area contributed by atoms with Crippen molar-refractivity contribution in [1.82, 2.24) is 4.90 Å². The Kier molecular flexibility index (Phi) is 4.35. The van der Waals surface area contributed by atoms with Gasteiger partial charge in [0.2, 0.25) is 0 Å². The Morgan fingerprint density at radius 2 is 1.84 bits per heavy atom. The van der Waals surface area contributed by atoms with Crippen molar-refractivity contribution in [1.29, 1.82) is 0 Å². The van der Waals surface area contributed by atoms with E-state index >= 15 is 0 Å². The van der Waals surface area contributed by atoms with E-state index in [0.717, 1.165) is 0 Å². The van der Waals surface area contributed by atoms with Gasteiger partial charge in [-0.3, -0.25) is 4.79 Å². The van der Waals surface area contributed by atoms with E-state index in [1.165, 1.54) is 18.2 Å². The fraction of sp³-hybridized carbons (Fsp3) is 0.364. The maximum Gasteiger partial charge on any atom is 0.261 e. The van der Waals surface area contributed by atoms with Crippen molar-refractivity contribution in [2.24, 2.45) is 0 Å². The topological polar surface area (TPSA) is 63.7 Å². The lowest BCUT2D eigenvalue weighted by Crippen LogP contribution is -2.40. The van der Waals surface area contributed by atoms with E-state index in [2.05, 4.69) is 0 Å². The highest BCUT2D eigenvalue weighted by atomic mass is 35.7. The molecule has 1 heterocycles. The third-order valence-electron chi connectivity index (χ3n) is 2.70. The highest BCUT2D eigenvalue weighted by Crippen LogP contribution is 2.23. The van der Waals surface area contributed by atoms with Crippen molar-refractivity contribution in [2.45, 2.75) is 4.90 Å². The number of nitrogens with zero attached hydrogens (tertiary/aromatic N) is 1. The number of hydrogen-bond acceptors (Lipinski definition) is 4. The number of hydrogen-bond donors (Lipinski definition) is 0. The van der Waals surface area contributed by atoms with Crippen LogP contribution in [0.25, 0.3) is 0 Å². The molecule has 19 heavy (non-hydrogen) atoms. The third-order valence-corrected chi connectivity index (χ3v) is 4.25. The van der Waals surface area contributed by atoms with Gasteiger partial charge in [-0.25, -0.2) is 8.42 Å². The molecule has 1 saturated heterocycles. The van der Waals surface area contributed by atoms with E-state index in [4.69, 9.17) is 27.0 Å². The summed E-state index contributed by atoms with van der Waals surface area (Å²) in [6, 6.07) is 3.86. The molecular formula is C11H11Cl2NO4S. The van der Waals surface area contributed by atoms with E-state index in [9.17, 15) is 13.2 Å². The smallest absolute Gasteiger partial charge is 0.261 e. The fourth-order valence-corrected chi connectivity index (χ4v) is 2.88. The van der Waals surface area contributed by atoms with Gasteiger partial charge in [0.1, 0.15) is 0 Å². The molecule has 2 rings (SSSR count). The van der Waals surface area contributed by atoms with Gasteiger partial charge in [-0.05, 0) is 18.2 Å². The van der Waals surface area contributed by atoms with Crippen molar-refractivity contribution < 1.29 is 17.9 Å². The Labute approximate surface area is 120 Å². The van der Waals surface area contributed by atoms with Crippen molar-refractivity contribution >= 4 is 37.2 Å². The molecule has 0 aromatic heterocycles. The Bertz CT molecular complexity index is 597. The number of ether oxygens (including phenoxy) is 1. The van der Waals surface area contributed by atoms with Gasteiger partial charge in [0.15, 0.2) is 0 Å². The average molecular weight is 324 g/mol. The van der Waals surface area contributed by atoms with Crippen molar-refractivity contribution in [3.8, 4) is 0 Å². The maximum atomic E-state index is 12.2. The average Bonchev–Trinajstić information content (AvgIpc) is 2.37. The Balaban J connectivity index is 2.34. The highest BCUT2D eigenvalue weighted by Gasteiger charge is 2.21. The molecule has 8 heteroatoms. The standard InChI is InChI=1S/C11H11Cl2NO4S/c12-9-5-8(6-10(7-9)19(13,16)17)11(15)14-1-3-18-4-2-14/h5-7H,1-4H2. The Morgan fingerprint density at radius 1 is 1.21 bits per heavy atom. The first-order valence-electron chi connectivity index (χ1n) is 5.50. The molecule has 0 spiro atoms. The summed E-state index contributed by atoms with van der Waals surface area (Å²) < 4.78 is 27.7. The lowest BCUT2D eigenvalue weighted by atomic mass is 10.2. The van der Waals surface area contributed by atoms with Crippen molar-refractivity contribution in [3.63, 3.8) is 0 Å². The summed E-state index contributed by atoms with van der Waals surface area (Å²) in [6.45, 7) is 1.86. The van der Waals surface area contributed by atoms with Gasteiger partial charge in [0.05, 0.1) is 18.1 Å². The maximum absolute atomic E-state index is 12.2. The van der Waals surface area contributed by atoms with E-state index in [-0.39, 0.29) is 21.4 Å². The third kappa shape index (κ3) is 3.60. The van der Waals surface area contributed by atoms with Gasteiger partial charge in [-0.15, -0.1) is 0 Å². The SMILES string of the molecule is O=C(c1cc(Cl)cc(S(=O)(=O)Cl)c1)N1CCOCC1. The van der Waals surface area contributed by atoms with Crippen molar-refractivity contribution in [2.75, 3.05) is 26.3 Å². The van der Waals surface area contributed by atoms with Crippen LogP contribution in [0.2, 0.25) is 5.02 Å². The Hall–Kier alpha value is -0.820. The molecule has 0 unspecified atom stereocenters. The second-order valence-electron chi connectivity index (χ2n) is 4.02. The Morgan fingerprint density at radius 3 is 2.42 bits per heavy atom. The molecule has 1 aliphatic rings. The molecule has 0 saturated carbocycles. The van der Waals surface area contributed by atoms with Gasteiger partial charge in [-0.2, -0.15) is 0 Å². The van der Waals surface area contributed by atoms with E-state index in [1.807, 2.05) is 0 Å². The van der Waals surface area contributed by atoms with E-state index < -0.39 is 9.05 Å². The van der Waals surface area contributed by atoms with E-state index in [0.29, 0.717) is 26.3 Å². The summed E-state index contributed by atoms with van der Waals surface area (Å²) in [5.74, 6) is -0.285. The first kappa shape index (κ1) is 14.6. The van der Waals surface area contributed by atoms with Crippen LogP contribution in [-0.4, -0.2) is 45.5 Å². The minimum Gasteiger partial charge on any atom is -0.378 e. The quantitative estimate of drug-likeness (QED) is 0.778. The molecule has 0 atom stereocenters. The minimum absolute atomic E-state index is 0.151. The summed E-state index contributed by atoms with van der Waals surface area (Å²) in [7, 11) is 1.34. The number of carbonyl (C=O) groups excluding carboxylic acids is 1. The van der Waals surface area contributed by atoms with Gasteiger partial charge in [0, 0.05) is 34.4 Å². The molecule has 1 aliphatic heterocycles. The van der Waals surface area contributed by atoms with Crippen LogP contribution in [0.5, 0.6) is 0 Å². The number of amides is 1. The summed E-state index contributed by atoms with van der Waals surface area (Å²) in [4.78, 5) is 13.6. The molecule has 0 bridgehead atoms. The molecular weight excluding hydrogens is 313 g/mol. The molecule has 1 amide bonds. The van der Waals surface area contributed by atoms with Crippen LogP contribution in [0.3, 0.4) is 0 Å². The second-order valence-corrected chi connectivity index (χ2v) is 7.02. The van der Waals surface area contributed by atoms with Crippen LogP contribution in [-0.2, 0) is 13.8 Å². The van der Waals surface area contributed by atoms with Crippen LogP contribution in [0.1, 0.15) is 10.4 Å². The molecule has 0 N–H and O–H groups in total. The number of halogens is 2. The van der Waals surface area contributed by atoms with Crippen LogP contribution < -0.4 is 0 Å². The number of benzene rings is 1. The number of carbonyl (C=O) groups is 1. The normalized spacial score (nSPS) is 16.4. The van der Waals surface area contributed by atoms with Gasteiger partial charge in [0.25, 0.3) is 15.0 Å². The monoisotopic (exact) mass is 323 g/mol. The highest BCUT2D eigenvalue weighted by molar-refractivity contribution is 8.13. The molecule has 5 nitrogen and oxygen atoms in total. The van der Waals surface area contributed by atoms with Crippen molar-refractivity contribution in [3.05, 3.63) is 28.8 Å². The molecule has 1 aromatic rings. The zero-order valence-corrected chi connectivity index (χ0v) is 12.1. The molecule has 104 valence electrons. The predicted molar refractivity (Wildman–Crippen MR) is 71.2 cm³/mol. The summed E-state index contributed by atoms with van der Waals surface area (Å²) in [6.07, 6.45) is 0. The summed E-state index contributed by atoms with van der Waals surface area (Å²) in [5, 5.41) is 0.151. The lowest BCUT2D eigenvalue weighted by molar-refractivity contribution is 0.0302. The zero-order valence-electron chi connectivity index (χ0n) is 9.80. The van der Waals surface area contributed by atoms with E-state index in [1.54, 1.807) is 4.90 Å². The van der Waals surface area contributed by atoms with Gasteiger partial charge >= 0.3 is 0 Å². The second kappa shape index (κ2) is 5.66. The number of rotatable bonds is 2. The largest absolute Gasteiger partial charge is 0.378 e. The predicted octanol–water partition coefficient (Wildman–Crippen LogP) is 1.74. The van der Waals surface area contributed by atoms with Crippen LogP contribution in [0, 0.1) is 0 Å². The molecule has 1 fully saturated rings. The molecule has 0 aliphatic carbocycles. The molecule has 0 radical (unpaired) electrons. The summed E-state index contributed by atoms with van der Waals surface area (Å²) >= 11 is 5.82. The lowest BCUT2D eigenvalue weighted by Gasteiger charge is -2.27. The minimum atomic E-state index is -3.92. The van der Waals surface area contributed by atoms with Crippen LogP contribution in [0.15, 0.2) is 23.1 Å². The number of morpholine rings is 1. The molecule has 1 aromatic carbocycles. The van der Waals surface area contributed by atoms with Crippen LogP contribution in [0.4, 0.5) is 0 Å².